The fraction of sp³-hybridized carbons (Fsp3) is 0.800. The summed E-state index contributed by atoms with van der Waals surface area (Å²) in [6, 6.07) is 0.895. The smallest absolute Gasteiger partial charge is 0.242 e. The van der Waals surface area contributed by atoms with E-state index in [4.69, 9.17) is 0 Å². The van der Waals surface area contributed by atoms with Gasteiger partial charge in [0.1, 0.15) is 12.9 Å². The highest BCUT2D eigenvalue weighted by molar-refractivity contribution is 5.75. The lowest BCUT2D eigenvalue weighted by atomic mass is 9.91. The molecule has 7 nitrogen and oxygen atoms in total. The van der Waals surface area contributed by atoms with Crippen LogP contribution in [0.5, 0.6) is 0 Å². The van der Waals surface area contributed by atoms with Crippen LogP contribution in [-0.2, 0) is 11.3 Å². The molecule has 1 saturated carbocycles. The number of aromatic nitrogens is 4. The number of tetrazole rings is 1. The van der Waals surface area contributed by atoms with E-state index in [1.54, 1.807) is 0 Å². The molecule has 0 atom stereocenters. The van der Waals surface area contributed by atoms with Gasteiger partial charge in [-0.2, -0.15) is 0 Å². The van der Waals surface area contributed by atoms with Crippen LogP contribution in [-0.4, -0.2) is 45.2 Å². The molecule has 1 aliphatic rings. The molecular formula is C10H18N6O. The lowest BCUT2D eigenvalue weighted by molar-refractivity contribution is -0.122. The number of hydrogen-bond acceptors (Lipinski definition) is 5. The summed E-state index contributed by atoms with van der Waals surface area (Å²) in [6.07, 6.45) is 5.75. The number of nitrogens with zero attached hydrogens (tertiary/aromatic N) is 4. The fourth-order valence-corrected chi connectivity index (χ4v) is 2.20. The highest BCUT2D eigenvalue weighted by Gasteiger charge is 2.21. The van der Waals surface area contributed by atoms with Crippen molar-refractivity contribution >= 4 is 5.91 Å². The first-order chi connectivity index (χ1) is 8.28. The molecule has 2 rings (SSSR count). The highest BCUT2D eigenvalue weighted by atomic mass is 16.2. The molecule has 2 N–H and O–H groups in total. The van der Waals surface area contributed by atoms with E-state index in [-0.39, 0.29) is 12.5 Å². The topological polar surface area (TPSA) is 84.7 Å². The van der Waals surface area contributed by atoms with Gasteiger partial charge in [-0.3, -0.25) is 4.79 Å². The Balaban J connectivity index is 1.72. The average Bonchev–Trinajstić information content (AvgIpc) is 2.82. The van der Waals surface area contributed by atoms with Crippen molar-refractivity contribution in [2.45, 2.75) is 44.3 Å². The molecule has 1 heterocycles. The first-order valence-corrected chi connectivity index (χ1v) is 5.95. The Bertz CT molecular complexity index is 344. The molecule has 0 aromatic carbocycles. The van der Waals surface area contributed by atoms with E-state index in [0.29, 0.717) is 12.1 Å². The second-order valence-electron chi connectivity index (χ2n) is 4.41. The Morgan fingerprint density at radius 1 is 1.35 bits per heavy atom. The van der Waals surface area contributed by atoms with E-state index in [9.17, 15) is 4.79 Å². The van der Waals surface area contributed by atoms with Crippen LogP contribution in [0.25, 0.3) is 0 Å². The molecule has 1 aromatic heterocycles. The van der Waals surface area contributed by atoms with Crippen molar-refractivity contribution in [3.05, 3.63) is 6.33 Å². The summed E-state index contributed by atoms with van der Waals surface area (Å²) in [4.78, 5) is 11.7. The van der Waals surface area contributed by atoms with E-state index >= 15 is 0 Å². The van der Waals surface area contributed by atoms with Crippen LogP contribution in [0.15, 0.2) is 6.33 Å². The Kier molecular flexibility index (Phi) is 4.03. The molecule has 0 unspecified atom stereocenters. The number of nitrogens with one attached hydrogen (secondary N) is 2. The third kappa shape index (κ3) is 3.48. The van der Waals surface area contributed by atoms with Gasteiger partial charge < -0.3 is 10.6 Å². The minimum Gasteiger partial charge on any atom is -0.352 e. The van der Waals surface area contributed by atoms with Crippen LogP contribution >= 0.6 is 0 Å². The number of rotatable bonds is 4. The van der Waals surface area contributed by atoms with Gasteiger partial charge in [-0.25, -0.2) is 4.68 Å². The van der Waals surface area contributed by atoms with Gasteiger partial charge in [0.05, 0.1) is 0 Å². The Labute approximate surface area is 100.0 Å². The van der Waals surface area contributed by atoms with Gasteiger partial charge in [0, 0.05) is 12.1 Å². The minimum absolute atomic E-state index is 0.0230. The molecule has 0 aliphatic heterocycles. The van der Waals surface area contributed by atoms with Gasteiger partial charge in [-0.05, 0) is 43.2 Å². The van der Waals surface area contributed by atoms with Gasteiger partial charge >= 0.3 is 0 Å². The maximum atomic E-state index is 11.7. The lowest BCUT2D eigenvalue weighted by Crippen LogP contribution is -2.42. The summed E-state index contributed by atoms with van der Waals surface area (Å²) in [6.45, 7) is 0.193. The first kappa shape index (κ1) is 12.0. The summed E-state index contributed by atoms with van der Waals surface area (Å²) in [5.74, 6) is -0.0230. The summed E-state index contributed by atoms with van der Waals surface area (Å²) in [7, 11) is 1.99. The van der Waals surface area contributed by atoms with Crippen molar-refractivity contribution in [2.75, 3.05) is 7.05 Å². The van der Waals surface area contributed by atoms with E-state index in [1.807, 2.05) is 7.05 Å². The monoisotopic (exact) mass is 238 g/mol. The molecular weight excluding hydrogens is 220 g/mol. The van der Waals surface area contributed by atoms with Crippen LogP contribution in [0.4, 0.5) is 0 Å². The first-order valence-electron chi connectivity index (χ1n) is 5.95. The highest BCUT2D eigenvalue weighted by Crippen LogP contribution is 2.18. The SMILES string of the molecule is CNC1CCC(NC(=O)Cn2cnnn2)CC1. The minimum atomic E-state index is -0.0230. The van der Waals surface area contributed by atoms with Gasteiger partial charge in [-0.1, -0.05) is 0 Å². The number of amides is 1. The number of carbonyl (C=O) groups excluding carboxylic acids is 1. The standard InChI is InChI=1S/C10H18N6O/c1-11-8-2-4-9(5-3-8)13-10(17)6-16-7-12-14-15-16/h7-9,11H,2-6H2,1H3,(H,13,17). The molecule has 94 valence electrons. The van der Waals surface area contributed by atoms with E-state index < -0.39 is 0 Å². The van der Waals surface area contributed by atoms with Crippen LogP contribution in [0, 0.1) is 0 Å². The maximum Gasteiger partial charge on any atom is 0.242 e. The predicted octanol–water partition coefficient (Wildman–Crippen LogP) is -0.680. The zero-order valence-corrected chi connectivity index (χ0v) is 9.96. The predicted molar refractivity (Wildman–Crippen MR) is 61.1 cm³/mol. The zero-order valence-electron chi connectivity index (χ0n) is 9.96. The summed E-state index contributed by atoms with van der Waals surface area (Å²) < 4.78 is 1.43. The fourth-order valence-electron chi connectivity index (χ4n) is 2.20. The van der Waals surface area contributed by atoms with Crippen LogP contribution < -0.4 is 10.6 Å². The third-order valence-corrected chi connectivity index (χ3v) is 3.20. The molecule has 1 aliphatic carbocycles. The van der Waals surface area contributed by atoms with Crippen molar-refractivity contribution in [3.63, 3.8) is 0 Å². The quantitative estimate of drug-likeness (QED) is 0.726. The van der Waals surface area contributed by atoms with E-state index in [2.05, 4.69) is 26.2 Å². The van der Waals surface area contributed by atoms with E-state index in [1.165, 1.54) is 11.0 Å². The molecule has 1 amide bonds. The molecule has 1 fully saturated rings. The number of carbonyl (C=O) groups is 1. The molecule has 0 bridgehead atoms. The van der Waals surface area contributed by atoms with Crippen molar-refractivity contribution in [3.8, 4) is 0 Å². The van der Waals surface area contributed by atoms with Crippen molar-refractivity contribution in [1.82, 2.24) is 30.8 Å². The van der Waals surface area contributed by atoms with Crippen LogP contribution in [0.3, 0.4) is 0 Å². The van der Waals surface area contributed by atoms with Crippen LogP contribution in [0.1, 0.15) is 25.7 Å². The number of hydrogen-bond donors (Lipinski definition) is 2. The van der Waals surface area contributed by atoms with Gasteiger partial charge in [-0.15, -0.1) is 5.10 Å². The van der Waals surface area contributed by atoms with Crippen LogP contribution in [0.2, 0.25) is 0 Å². The average molecular weight is 238 g/mol. The largest absolute Gasteiger partial charge is 0.352 e. The van der Waals surface area contributed by atoms with Crippen molar-refractivity contribution in [1.29, 1.82) is 0 Å². The second-order valence-corrected chi connectivity index (χ2v) is 4.41. The second kappa shape index (κ2) is 5.72. The Hall–Kier alpha value is -1.50. The van der Waals surface area contributed by atoms with Crippen molar-refractivity contribution < 1.29 is 4.79 Å². The normalized spacial score (nSPS) is 24.5. The maximum absolute atomic E-state index is 11.7. The van der Waals surface area contributed by atoms with Gasteiger partial charge in [0.2, 0.25) is 5.91 Å². The molecule has 0 radical (unpaired) electrons. The lowest BCUT2D eigenvalue weighted by Gasteiger charge is -2.28. The van der Waals surface area contributed by atoms with E-state index in [0.717, 1.165) is 25.7 Å². The molecule has 17 heavy (non-hydrogen) atoms. The molecule has 0 spiro atoms. The van der Waals surface area contributed by atoms with Gasteiger partial charge in [0.15, 0.2) is 0 Å². The summed E-state index contributed by atoms with van der Waals surface area (Å²) >= 11 is 0. The van der Waals surface area contributed by atoms with Gasteiger partial charge in [0.25, 0.3) is 0 Å². The summed E-state index contributed by atoms with van der Waals surface area (Å²) in [5.41, 5.74) is 0. The molecule has 1 aromatic rings. The zero-order chi connectivity index (χ0) is 12.1. The molecule has 7 heteroatoms. The molecule has 0 saturated heterocycles. The van der Waals surface area contributed by atoms with Crippen molar-refractivity contribution in [2.24, 2.45) is 0 Å². The Morgan fingerprint density at radius 3 is 2.65 bits per heavy atom. The third-order valence-electron chi connectivity index (χ3n) is 3.20. The summed E-state index contributed by atoms with van der Waals surface area (Å²) in [5, 5.41) is 16.9. The Morgan fingerprint density at radius 2 is 2.06 bits per heavy atom.